The molecule has 0 spiro atoms. The SMILES string of the molecule is CSCCCNc1cnc(C(N)=S)cn1. The first-order valence-electron chi connectivity index (χ1n) is 4.58. The lowest BCUT2D eigenvalue weighted by atomic mass is 10.4. The molecule has 0 aliphatic rings. The molecule has 0 unspecified atom stereocenters. The Morgan fingerprint density at radius 2 is 2.33 bits per heavy atom. The summed E-state index contributed by atoms with van der Waals surface area (Å²) in [6.07, 6.45) is 6.43. The Labute approximate surface area is 99.1 Å². The Balaban J connectivity index is 2.39. The van der Waals surface area contributed by atoms with E-state index in [0.29, 0.717) is 5.69 Å². The summed E-state index contributed by atoms with van der Waals surface area (Å²) in [4.78, 5) is 8.50. The van der Waals surface area contributed by atoms with Crippen LogP contribution in [0.3, 0.4) is 0 Å². The molecular weight excluding hydrogens is 228 g/mol. The van der Waals surface area contributed by atoms with Crippen molar-refractivity contribution in [2.75, 3.05) is 23.9 Å². The highest BCUT2D eigenvalue weighted by Crippen LogP contribution is 2.02. The van der Waals surface area contributed by atoms with Crippen LogP contribution in [-0.4, -0.2) is 33.5 Å². The number of hydrogen-bond donors (Lipinski definition) is 2. The van der Waals surface area contributed by atoms with Crippen LogP contribution in [0.25, 0.3) is 0 Å². The fraction of sp³-hybridized carbons (Fsp3) is 0.444. The lowest BCUT2D eigenvalue weighted by molar-refractivity contribution is 0.976. The zero-order valence-electron chi connectivity index (χ0n) is 8.56. The first-order valence-corrected chi connectivity index (χ1v) is 6.39. The molecule has 0 amide bonds. The van der Waals surface area contributed by atoms with Crippen LogP contribution >= 0.6 is 24.0 Å². The molecular formula is C9H14N4S2. The second kappa shape index (κ2) is 6.58. The van der Waals surface area contributed by atoms with Crippen LogP contribution in [0, 0.1) is 0 Å². The number of anilines is 1. The molecule has 6 heteroatoms. The molecule has 0 atom stereocenters. The lowest BCUT2D eigenvalue weighted by Gasteiger charge is -2.04. The van der Waals surface area contributed by atoms with Crippen LogP contribution < -0.4 is 11.1 Å². The molecule has 3 N–H and O–H groups in total. The van der Waals surface area contributed by atoms with E-state index in [-0.39, 0.29) is 4.99 Å². The predicted octanol–water partition coefficient (Wildman–Crippen LogP) is 1.28. The number of hydrogen-bond acceptors (Lipinski definition) is 5. The maximum atomic E-state index is 5.41. The van der Waals surface area contributed by atoms with Gasteiger partial charge in [0.2, 0.25) is 0 Å². The smallest absolute Gasteiger partial charge is 0.144 e. The molecule has 4 nitrogen and oxygen atoms in total. The highest BCUT2D eigenvalue weighted by Gasteiger charge is 1.98. The average Bonchev–Trinajstić information content (AvgIpc) is 2.25. The van der Waals surface area contributed by atoms with Crippen molar-refractivity contribution in [2.45, 2.75) is 6.42 Å². The normalized spacial score (nSPS) is 9.93. The van der Waals surface area contributed by atoms with Crippen molar-refractivity contribution in [3.63, 3.8) is 0 Å². The number of aromatic nitrogens is 2. The van der Waals surface area contributed by atoms with Gasteiger partial charge in [-0.3, -0.25) is 0 Å². The topological polar surface area (TPSA) is 63.8 Å². The fourth-order valence-corrected chi connectivity index (χ4v) is 1.52. The summed E-state index contributed by atoms with van der Waals surface area (Å²) in [5, 5.41) is 3.17. The Morgan fingerprint density at radius 1 is 1.53 bits per heavy atom. The third kappa shape index (κ3) is 4.44. The van der Waals surface area contributed by atoms with Crippen molar-refractivity contribution in [3.05, 3.63) is 18.1 Å². The van der Waals surface area contributed by atoms with Gasteiger partial charge in [-0.1, -0.05) is 12.2 Å². The van der Waals surface area contributed by atoms with Crippen molar-refractivity contribution in [1.29, 1.82) is 0 Å². The van der Waals surface area contributed by atoms with Gasteiger partial charge in [-0.25, -0.2) is 9.97 Å². The molecule has 0 saturated carbocycles. The summed E-state index contributed by atoms with van der Waals surface area (Å²) >= 11 is 6.61. The maximum absolute atomic E-state index is 5.41. The molecule has 15 heavy (non-hydrogen) atoms. The second-order valence-electron chi connectivity index (χ2n) is 2.92. The molecule has 0 aliphatic heterocycles. The number of nitrogens with two attached hydrogens (primary N) is 1. The van der Waals surface area contributed by atoms with Gasteiger partial charge in [-0.05, 0) is 18.4 Å². The first kappa shape index (κ1) is 12.2. The van der Waals surface area contributed by atoms with Gasteiger partial charge >= 0.3 is 0 Å². The molecule has 0 aliphatic carbocycles. The molecule has 0 saturated heterocycles. The number of rotatable bonds is 6. The van der Waals surface area contributed by atoms with E-state index in [4.69, 9.17) is 18.0 Å². The third-order valence-electron chi connectivity index (χ3n) is 1.74. The summed E-state index contributed by atoms with van der Waals surface area (Å²) in [5.74, 6) is 1.90. The van der Waals surface area contributed by atoms with E-state index in [0.717, 1.165) is 24.5 Å². The minimum atomic E-state index is 0.274. The summed E-state index contributed by atoms with van der Waals surface area (Å²) in [6.45, 7) is 0.905. The van der Waals surface area contributed by atoms with Crippen molar-refractivity contribution >= 4 is 34.8 Å². The van der Waals surface area contributed by atoms with Gasteiger partial charge < -0.3 is 11.1 Å². The number of nitrogens with zero attached hydrogens (tertiary/aromatic N) is 2. The summed E-state index contributed by atoms with van der Waals surface area (Å²) in [7, 11) is 0. The molecule has 82 valence electrons. The summed E-state index contributed by atoms with van der Waals surface area (Å²) in [6, 6.07) is 0. The molecule has 0 aromatic carbocycles. The Hall–Kier alpha value is -0.880. The van der Waals surface area contributed by atoms with Crippen LogP contribution in [0.15, 0.2) is 12.4 Å². The van der Waals surface area contributed by atoms with Gasteiger partial charge in [0.1, 0.15) is 16.5 Å². The van der Waals surface area contributed by atoms with Crippen molar-refractivity contribution in [3.8, 4) is 0 Å². The number of thioether (sulfide) groups is 1. The molecule has 0 bridgehead atoms. The van der Waals surface area contributed by atoms with Gasteiger partial charge in [0, 0.05) is 6.54 Å². The minimum absolute atomic E-state index is 0.274. The van der Waals surface area contributed by atoms with Gasteiger partial charge in [0.15, 0.2) is 0 Å². The highest BCUT2D eigenvalue weighted by molar-refractivity contribution is 7.98. The molecule has 1 aromatic rings. The van der Waals surface area contributed by atoms with E-state index in [1.807, 2.05) is 11.8 Å². The Morgan fingerprint density at radius 3 is 2.87 bits per heavy atom. The largest absolute Gasteiger partial charge is 0.388 e. The maximum Gasteiger partial charge on any atom is 0.144 e. The van der Waals surface area contributed by atoms with Crippen LogP contribution in [0.4, 0.5) is 5.82 Å². The van der Waals surface area contributed by atoms with E-state index in [2.05, 4.69) is 21.5 Å². The average molecular weight is 242 g/mol. The van der Waals surface area contributed by atoms with Crippen LogP contribution in [0.1, 0.15) is 12.1 Å². The minimum Gasteiger partial charge on any atom is -0.388 e. The summed E-state index contributed by atoms with van der Waals surface area (Å²) < 4.78 is 0. The van der Waals surface area contributed by atoms with Crippen LogP contribution in [-0.2, 0) is 0 Å². The van der Waals surface area contributed by atoms with E-state index in [9.17, 15) is 0 Å². The van der Waals surface area contributed by atoms with E-state index >= 15 is 0 Å². The number of thiocarbonyl (C=S) groups is 1. The lowest BCUT2D eigenvalue weighted by Crippen LogP contribution is -2.13. The number of nitrogens with one attached hydrogen (secondary N) is 1. The third-order valence-corrected chi connectivity index (χ3v) is 2.64. The van der Waals surface area contributed by atoms with Crippen LogP contribution in [0.2, 0.25) is 0 Å². The first-order chi connectivity index (χ1) is 7.24. The van der Waals surface area contributed by atoms with E-state index in [1.165, 1.54) is 0 Å². The molecule has 1 aromatic heterocycles. The van der Waals surface area contributed by atoms with E-state index in [1.54, 1.807) is 12.4 Å². The van der Waals surface area contributed by atoms with Crippen molar-refractivity contribution in [2.24, 2.45) is 5.73 Å². The van der Waals surface area contributed by atoms with Gasteiger partial charge in [0.25, 0.3) is 0 Å². The zero-order valence-corrected chi connectivity index (χ0v) is 10.2. The monoisotopic (exact) mass is 242 g/mol. The van der Waals surface area contributed by atoms with Crippen molar-refractivity contribution < 1.29 is 0 Å². The van der Waals surface area contributed by atoms with Crippen LogP contribution in [0.5, 0.6) is 0 Å². The quantitative estimate of drug-likeness (QED) is 0.579. The molecule has 1 rings (SSSR count). The molecule has 1 heterocycles. The van der Waals surface area contributed by atoms with E-state index < -0.39 is 0 Å². The Kier molecular flexibility index (Phi) is 5.34. The standard InChI is InChI=1S/C9H14N4S2/c1-15-4-2-3-11-8-6-12-7(5-13-8)9(10)14/h5-6H,2-4H2,1H3,(H2,10,14)(H,11,13). The van der Waals surface area contributed by atoms with Gasteiger partial charge in [-0.2, -0.15) is 11.8 Å². The predicted molar refractivity (Wildman–Crippen MR) is 69.4 cm³/mol. The molecule has 0 radical (unpaired) electrons. The van der Waals surface area contributed by atoms with Crippen molar-refractivity contribution in [1.82, 2.24) is 9.97 Å². The van der Waals surface area contributed by atoms with Gasteiger partial charge in [0.05, 0.1) is 12.4 Å². The zero-order chi connectivity index (χ0) is 11.1. The highest BCUT2D eigenvalue weighted by atomic mass is 32.2. The fourth-order valence-electron chi connectivity index (χ4n) is 0.980. The molecule has 0 fully saturated rings. The second-order valence-corrected chi connectivity index (χ2v) is 4.35. The Bertz CT molecular complexity index is 312. The van der Waals surface area contributed by atoms with Gasteiger partial charge in [-0.15, -0.1) is 0 Å². The summed E-state index contributed by atoms with van der Waals surface area (Å²) in [5.41, 5.74) is 5.96.